The van der Waals surface area contributed by atoms with E-state index >= 15 is 0 Å². The third kappa shape index (κ3) is 2.62. The van der Waals surface area contributed by atoms with E-state index in [1.54, 1.807) is 18.3 Å². The lowest BCUT2D eigenvalue weighted by atomic mass is 10.3. The lowest BCUT2D eigenvalue weighted by molar-refractivity contribution is 0.975. The lowest BCUT2D eigenvalue weighted by Crippen LogP contribution is -1.99. The maximum Gasteiger partial charge on any atom is 0.197 e. The van der Waals surface area contributed by atoms with Crippen molar-refractivity contribution in [1.29, 1.82) is 5.26 Å². The molecule has 17 heavy (non-hydrogen) atoms. The Morgan fingerprint density at radius 3 is 2.59 bits per heavy atom. The Balaban J connectivity index is 2.35. The van der Waals surface area contributed by atoms with Crippen molar-refractivity contribution in [3.05, 3.63) is 30.0 Å². The molecule has 4 N–H and O–H groups in total. The average molecular weight is 244 g/mol. The molecule has 0 spiro atoms. The highest BCUT2D eigenvalue weighted by molar-refractivity contribution is 7.99. The summed E-state index contributed by atoms with van der Waals surface area (Å²) in [4.78, 5) is 12.1. The van der Waals surface area contributed by atoms with Gasteiger partial charge >= 0.3 is 0 Å². The van der Waals surface area contributed by atoms with Gasteiger partial charge in [0.1, 0.15) is 22.7 Å². The molecule has 2 rings (SSSR count). The normalized spacial score (nSPS) is 9.82. The molecular formula is C10H8N6S. The van der Waals surface area contributed by atoms with Crippen molar-refractivity contribution >= 4 is 23.4 Å². The van der Waals surface area contributed by atoms with Crippen molar-refractivity contribution in [1.82, 2.24) is 15.0 Å². The van der Waals surface area contributed by atoms with Crippen LogP contribution in [0.25, 0.3) is 0 Å². The molecule has 0 unspecified atom stereocenters. The lowest BCUT2D eigenvalue weighted by Gasteiger charge is -2.02. The van der Waals surface area contributed by atoms with Crippen LogP contribution in [0.15, 0.2) is 34.6 Å². The molecule has 6 nitrogen and oxygen atoms in total. The summed E-state index contributed by atoms with van der Waals surface area (Å²) in [7, 11) is 0. The fraction of sp³-hybridized carbons (Fsp3) is 0. The summed E-state index contributed by atoms with van der Waals surface area (Å²) in [5.41, 5.74) is 11.6. The van der Waals surface area contributed by atoms with Gasteiger partial charge in [-0.05, 0) is 23.9 Å². The summed E-state index contributed by atoms with van der Waals surface area (Å²) in [6, 6.07) is 6.87. The molecule has 0 bridgehead atoms. The van der Waals surface area contributed by atoms with E-state index in [0.29, 0.717) is 15.7 Å². The number of hydrogen-bond donors (Lipinski definition) is 2. The quantitative estimate of drug-likeness (QED) is 0.759. The molecule has 0 aromatic carbocycles. The number of hydrogen-bond acceptors (Lipinski definition) is 7. The second-order valence-corrected chi connectivity index (χ2v) is 4.03. The van der Waals surface area contributed by atoms with E-state index in [9.17, 15) is 0 Å². The zero-order valence-electron chi connectivity index (χ0n) is 8.66. The fourth-order valence-corrected chi connectivity index (χ4v) is 1.96. The topological polar surface area (TPSA) is 114 Å². The number of aromatic nitrogens is 3. The Hall–Kier alpha value is -2.33. The van der Waals surface area contributed by atoms with Crippen molar-refractivity contribution in [3.63, 3.8) is 0 Å². The maximum atomic E-state index is 8.91. The Labute approximate surface area is 102 Å². The Bertz CT molecular complexity index is 571. The highest BCUT2D eigenvalue weighted by Crippen LogP contribution is 2.26. The van der Waals surface area contributed by atoms with Gasteiger partial charge in [-0.2, -0.15) is 5.26 Å². The fourth-order valence-electron chi connectivity index (χ4n) is 1.15. The van der Waals surface area contributed by atoms with E-state index in [1.165, 1.54) is 6.07 Å². The van der Waals surface area contributed by atoms with Crippen LogP contribution in [0.3, 0.4) is 0 Å². The van der Waals surface area contributed by atoms with Crippen LogP contribution in [-0.4, -0.2) is 15.0 Å². The van der Waals surface area contributed by atoms with Gasteiger partial charge in [0.15, 0.2) is 5.16 Å². The molecule has 0 radical (unpaired) electrons. The summed E-state index contributed by atoms with van der Waals surface area (Å²) in [5.74, 6) is 0.573. The SMILES string of the molecule is N#Cc1cccnc1Sc1nc(N)cc(N)n1. The average Bonchev–Trinajstić information content (AvgIpc) is 2.28. The minimum absolute atomic E-state index is 0.287. The van der Waals surface area contributed by atoms with Gasteiger partial charge in [-0.3, -0.25) is 0 Å². The third-order valence-electron chi connectivity index (χ3n) is 1.82. The van der Waals surface area contributed by atoms with Crippen molar-refractivity contribution in [2.24, 2.45) is 0 Å². The molecule has 0 amide bonds. The van der Waals surface area contributed by atoms with Gasteiger partial charge < -0.3 is 11.5 Å². The first-order chi connectivity index (χ1) is 8.19. The van der Waals surface area contributed by atoms with Gasteiger partial charge in [-0.1, -0.05) is 0 Å². The zero-order valence-corrected chi connectivity index (χ0v) is 9.48. The van der Waals surface area contributed by atoms with Gasteiger partial charge in [0.25, 0.3) is 0 Å². The Morgan fingerprint density at radius 1 is 1.24 bits per heavy atom. The first-order valence-electron chi connectivity index (χ1n) is 4.62. The second kappa shape index (κ2) is 4.67. The molecule has 7 heteroatoms. The van der Waals surface area contributed by atoms with Crippen LogP contribution < -0.4 is 11.5 Å². The Kier molecular flexibility index (Phi) is 3.07. The maximum absolute atomic E-state index is 8.91. The molecule has 0 saturated heterocycles. The molecule has 0 saturated carbocycles. The number of anilines is 2. The molecule has 0 aliphatic heterocycles. The third-order valence-corrected chi connectivity index (χ3v) is 2.71. The van der Waals surface area contributed by atoms with Crippen LogP contribution in [-0.2, 0) is 0 Å². The van der Waals surface area contributed by atoms with Gasteiger partial charge in [0.05, 0.1) is 5.56 Å². The first kappa shape index (κ1) is 11.2. The molecule has 0 atom stereocenters. The summed E-state index contributed by atoms with van der Waals surface area (Å²) >= 11 is 1.15. The summed E-state index contributed by atoms with van der Waals surface area (Å²) in [6.45, 7) is 0. The van der Waals surface area contributed by atoms with Gasteiger partial charge in [-0.25, -0.2) is 15.0 Å². The number of nitrogen functional groups attached to an aromatic ring is 2. The summed E-state index contributed by atoms with van der Waals surface area (Å²) < 4.78 is 0. The number of rotatable bonds is 2. The van der Waals surface area contributed by atoms with Crippen molar-refractivity contribution < 1.29 is 0 Å². The van der Waals surface area contributed by atoms with Crippen LogP contribution in [0.1, 0.15) is 5.56 Å². The zero-order chi connectivity index (χ0) is 12.3. The minimum Gasteiger partial charge on any atom is -0.383 e. The molecule has 2 aromatic heterocycles. The van der Waals surface area contributed by atoms with Crippen molar-refractivity contribution in [2.75, 3.05) is 11.5 Å². The van der Waals surface area contributed by atoms with E-state index in [4.69, 9.17) is 16.7 Å². The molecule has 2 heterocycles. The highest BCUT2D eigenvalue weighted by atomic mass is 32.2. The van der Waals surface area contributed by atoms with Gasteiger partial charge in [0, 0.05) is 12.3 Å². The van der Waals surface area contributed by atoms with E-state index in [-0.39, 0.29) is 11.6 Å². The summed E-state index contributed by atoms with van der Waals surface area (Å²) in [5, 5.41) is 9.81. The van der Waals surface area contributed by atoms with Crippen LogP contribution in [0.5, 0.6) is 0 Å². The molecule has 2 aromatic rings. The van der Waals surface area contributed by atoms with E-state index < -0.39 is 0 Å². The number of nitriles is 1. The molecule has 0 fully saturated rings. The number of pyridine rings is 1. The number of nitrogens with two attached hydrogens (primary N) is 2. The van der Waals surface area contributed by atoms with Crippen LogP contribution >= 0.6 is 11.8 Å². The van der Waals surface area contributed by atoms with Crippen molar-refractivity contribution in [2.45, 2.75) is 10.2 Å². The van der Waals surface area contributed by atoms with Gasteiger partial charge in [0.2, 0.25) is 0 Å². The summed E-state index contributed by atoms with van der Waals surface area (Å²) in [6.07, 6.45) is 1.60. The molecule has 0 aliphatic carbocycles. The van der Waals surface area contributed by atoms with Crippen LogP contribution in [0.2, 0.25) is 0 Å². The van der Waals surface area contributed by atoms with Gasteiger partial charge in [-0.15, -0.1) is 0 Å². The smallest absolute Gasteiger partial charge is 0.197 e. The van der Waals surface area contributed by atoms with E-state index in [0.717, 1.165) is 11.8 Å². The van der Waals surface area contributed by atoms with Crippen molar-refractivity contribution in [3.8, 4) is 6.07 Å². The Morgan fingerprint density at radius 2 is 1.94 bits per heavy atom. The largest absolute Gasteiger partial charge is 0.383 e. The number of nitrogens with zero attached hydrogens (tertiary/aromatic N) is 4. The van der Waals surface area contributed by atoms with Crippen LogP contribution in [0, 0.1) is 11.3 Å². The minimum atomic E-state index is 0.287. The standard InChI is InChI=1S/C10H8N6S/c11-5-6-2-1-3-14-9(6)17-10-15-7(12)4-8(13)16-10/h1-4H,(H4,12,13,15,16). The second-order valence-electron chi connectivity index (χ2n) is 3.07. The van der Waals surface area contributed by atoms with E-state index in [1.807, 2.05) is 6.07 Å². The van der Waals surface area contributed by atoms with Crippen LogP contribution in [0.4, 0.5) is 11.6 Å². The molecular weight excluding hydrogens is 236 g/mol. The predicted molar refractivity (Wildman–Crippen MR) is 63.9 cm³/mol. The molecule has 84 valence electrons. The first-order valence-corrected chi connectivity index (χ1v) is 5.43. The highest BCUT2D eigenvalue weighted by Gasteiger charge is 2.08. The van der Waals surface area contributed by atoms with E-state index in [2.05, 4.69) is 15.0 Å². The monoisotopic (exact) mass is 244 g/mol. The predicted octanol–water partition coefficient (Wildman–Crippen LogP) is 1.06. The molecule has 0 aliphatic rings.